The van der Waals surface area contributed by atoms with E-state index in [1.807, 2.05) is 23.8 Å². The highest BCUT2D eigenvalue weighted by atomic mass is 32.1. The van der Waals surface area contributed by atoms with E-state index in [0.717, 1.165) is 23.4 Å². The summed E-state index contributed by atoms with van der Waals surface area (Å²) in [4.78, 5) is 6.77. The molecule has 5 heteroatoms. The lowest BCUT2D eigenvalue weighted by Gasteiger charge is -2.26. The van der Waals surface area contributed by atoms with Crippen molar-refractivity contribution >= 4 is 22.7 Å². The van der Waals surface area contributed by atoms with Gasteiger partial charge in [-0.15, -0.1) is 0 Å². The van der Waals surface area contributed by atoms with E-state index >= 15 is 0 Å². The fourth-order valence-corrected chi connectivity index (χ4v) is 3.08. The van der Waals surface area contributed by atoms with E-state index in [0.29, 0.717) is 6.04 Å². The number of aromatic nitrogens is 3. The standard InChI is InChI=1S/C15H18N4S/c1-11-8-14-15(16-5-6-19(14)17-11)18(3)12(2)9-13-4-7-20-10-13/h4-8,10,12H,9H2,1-3H3. The second kappa shape index (κ2) is 5.25. The number of likely N-dealkylation sites (N-methyl/N-ethyl adjacent to an activating group) is 1. The van der Waals surface area contributed by atoms with Crippen molar-refractivity contribution in [3.8, 4) is 0 Å². The summed E-state index contributed by atoms with van der Waals surface area (Å²) in [6.07, 6.45) is 4.72. The maximum absolute atomic E-state index is 4.54. The highest BCUT2D eigenvalue weighted by molar-refractivity contribution is 7.07. The minimum absolute atomic E-state index is 0.388. The van der Waals surface area contributed by atoms with Gasteiger partial charge in [0.1, 0.15) is 5.52 Å². The lowest BCUT2D eigenvalue weighted by molar-refractivity contribution is 0.675. The number of hydrogen-bond donors (Lipinski definition) is 0. The molecule has 0 fully saturated rings. The molecule has 20 heavy (non-hydrogen) atoms. The van der Waals surface area contributed by atoms with Crippen LogP contribution in [0.15, 0.2) is 35.3 Å². The molecular weight excluding hydrogens is 268 g/mol. The summed E-state index contributed by atoms with van der Waals surface area (Å²) in [6, 6.07) is 4.65. The molecule has 0 saturated carbocycles. The molecule has 0 radical (unpaired) electrons. The predicted octanol–water partition coefficient (Wildman–Crippen LogP) is 3.17. The van der Waals surface area contributed by atoms with Crippen LogP contribution in [0.25, 0.3) is 5.52 Å². The van der Waals surface area contributed by atoms with Gasteiger partial charge in [0.2, 0.25) is 0 Å². The Bertz CT molecular complexity index is 702. The predicted molar refractivity (Wildman–Crippen MR) is 83.6 cm³/mol. The number of rotatable bonds is 4. The van der Waals surface area contributed by atoms with E-state index < -0.39 is 0 Å². The average molecular weight is 286 g/mol. The molecule has 3 aromatic heterocycles. The van der Waals surface area contributed by atoms with Gasteiger partial charge in [-0.05, 0) is 48.7 Å². The number of hydrogen-bond acceptors (Lipinski definition) is 4. The molecule has 1 atom stereocenters. The third-order valence-electron chi connectivity index (χ3n) is 3.60. The molecule has 3 aromatic rings. The summed E-state index contributed by atoms with van der Waals surface area (Å²) in [7, 11) is 2.10. The second-order valence-corrected chi connectivity index (χ2v) is 5.94. The molecule has 0 saturated heterocycles. The summed E-state index contributed by atoms with van der Waals surface area (Å²) in [5.74, 6) is 0.982. The molecule has 3 rings (SSSR count). The highest BCUT2D eigenvalue weighted by Crippen LogP contribution is 2.21. The summed E-state index contributed by atoms with van der Waals surface area (Å²) in [5.41, 5.74) is 3.45. The van der Waals surface area contributed by atoms with Crippen molar-refractivity contribution in [2.24, 2.45) is 0 Å². The van der Waals surface area contributed by atoms with E-state index in [-0.39, 0.29) is 0 Å². The van der Waals surface area contributed by atoms with Crippen molar-refractivity contribution in [1.29, 1.82) is 0 Å². The van der Waals surface area contributed by atoms with E-state index in [9.17, 15) is 0 Å². The van der Waals surface area contributed by atoms with Crippen molar-refractivity contribution in [2.75, 3.05) is 11.9 Å². The smallest absolute Gasteiger partial charge is 0.154 e. The van der Waals surface area contributed by atoms with Crippen molar-refractivity contribution in [3.63, 3.8) is 0 Å². The molecule has 104 valence electrons. The Morgan fingerprint density at radius 2 is 2.30 bits per heavy atom. The molecule has 0 N–H and O–H groups in total. The van der Waals surface area contributed by atoms with Gasteiger partial charge >= 0.3 is 0 Å². The first-order chi connectivity index (χ1) is 9.65. The number of nitrogens with zero attached hydrogens (tertiary/aromatic N) is 4. The minimum atomic E-state index is 0.388. The lowest BCUT2D eigenvalue weighted by atomic mass is 10.1. The molecule has 0 aliphatic rings. The van der Waals surface area contributed by atoms with Crippen LogP contribution < -0.4 is 4.90 Å². The molecule has 0 spiro atoms. The zero-order valence-corrected chi connectivity index (χ0v) is 12.8. The van der Waals surface area contributed by atoms with Crippen molar-refractivity contribution < 1.29 is 0 Å². The van der Waals surface area contributed by atoms with Crippen molar-refractivity contribution in [3.05, 3.63) is 46.5 Å². The first-order valence-electron chi connectivity index (χ1n) is 6.70. The third-order valence-corrected chi connectivity index (χ3v) is 4.33. The van der Waals surface area contributed by atoms with Crippen LogP contribution in [0.5, 0.6) is 0 Å². The zero-order valence-electron chi connectivity index (χ0n) is 11.9. The van der Waals surface area contributed by atoms with E-state index in [2.05, 4.69) is 51.8 Å². The third kappa shape index (κ3) is 2.41. The molecule has 0 aromatic carbocycles. The van der Waals surface area contributed by atoms with Crippen molar-refractivity contribution in [1.82, 2.24) is 14.6 Å². The summed E-state index contributed by atoms with van der Waals surface area (Å²) >= 11 is 1.75. The van der Waals surface area contributed by atoms with Crippen LogP contribution in [0.3, 0.4) is 0 Å². The Morgan fingerprint density at radius 3 is 3.05 bits per heavy atom. The molecule has 0 aliphatic carbocycles. The highest BCUT2D eigenvalue weighted by Gasteiger charge is 2.16. The minimum Gasteiger partial charge on any atom is -0.355 e. The van der Waals surface area contributed by atoms with Crippen LogP contribution in [-0.4, -0.2) is 27.7 Å². The van der Waals surface area contributed by atoms with Crippen LogP contribution in [0.1, 0.15) is 18.2 Å². The van der Waals surface area contributed by atoms with Gasteiger partial charge in [0.25, 0.3) is 0 Å². The molecule has 3 heterocycles. The maximum Gasteiger partial charge on any atom is 0.154 e. The van der Waals surface area contributed by atoms with Crippen LogP contribution >= 0.6 is 11.3 Å². The molecule has 0 amide bonds. The van der Waals surface area contributed by atoms with Gasteiger partial charge in [-0.1, -0.05) is 0 Å². The van der Waals surface area contributed by atoms with Gasteiger partial charge in [-0.25, -0.2) is 9.50 Å². The summed E-state index contributed by atoms with van der Waals surface area (Å²) in [5, 5.41) is 8.78. The topological polar surface area (TPSA) is 33.4 Å². The fraction of sp³-hybridized carbons (Fsp3) is 0.333. The van der Waals surface area contributed by atoms with Crippen LogP contribution in [0, 0.1) is 6.92 Å². The van der Waals surface area contributed by atoms with Gasteiger partial charge in [0.15, 0.2) is 5.82 Å². The quantitative estimate of drug-likeness (QED) is 0.738. The zero-order chi connectivity index (χ0) is 14.1. The van der Waals surface area contributed by atoms with Gasteiger partial charge < -0.3 is 4.90 Å². The van der Waals surface area contributed by atoms with Crippen LogP contribution in [0.2, 0.25) is 0 Å². The molecule has 0 bridgehead atoms. The summed E-state index contributed by atoms with van der Waals surface area (Å²) in [6.45, 7) is 4.23. The Kier molecular flexibility index (Phi) is 3.44. The van der Waals surface area contributed by atoms with E-state index in [1.165, 1.54) is 5.56 Å². The van der Waals surface area contributed by atoms with E-state index in [1.54, 1.807) is 11.3 Å². The average Bonchev–Trinajstić information content (AvgIpc) is 3.05. The van der Waals surface area contributed by atoms with Gasteiger partial charge in [-0.2, -0.15) is 16.4 Å². The Morgan fingerprint density at radius 1 is 1.45 bits per heavy atom. The number of fused-ring (bicyclic) bond motifs is 1. The molecular formula is C15H18N4S. The molecule has 1 unspecified atom stereocenters. The number of aryl methyl sites for hydroxylation is 1. The largest absolute Gasteiger partial charge is 0.355 e. The molecule has 0 aliphatic heterocycles. The van der Waals surface area contributed by atoms with Gasteiger partial charge in [0, 0.05) is 25.5 Å². The monoisotopic (exact) mass is 286 g/mol. The maximum atomic E-state index is 4.54. The number of anilines is 1. The van der Waals surface area contributed by atoms with Crippen LogP contribution in [0.4, 0.5) is 5.82 Å². The first-order valence-corrected chi connectivity index (χ1v) is 7.64. The fourth-order valence-electron chi connectivity index (χ4n) is 2.40. The van der Waals surface area contributed by atoms with Crippen molar-refractivity contribution in [2.45, 2.75) is 26.3 Å². The number of thiophene rings is 1. The Hall–Kier alpha value is -1.88. The van der Waals surface area contributed by atoms with Gasteiger partial charge in [-0.3, -0.25) is 0 Å². The molecule has 4 nitrogen and oxygen atoms in total. The van der Waals surface area contributed by atoms with Gasteiger partial charge in [0.05, 0.1) is 5.69 Å². The Balaban J connectivity index is 1.89. The summed E-state index contributed by atoms with van der Waals surface area (Å²) < 4.78 is 1.89. The van der Waals surface area contributed by atoms with E-state index in [4.69, 9.17) is 0 Å². The lowest BCUT2D eigenvalue weighted by Crippen LogP contribution is -2.31. The normalized spacial score (nSPS) is 12.8. The van der Waals surface area contributed by atoms with Crippen LogP contribution in [-0.2, 0) is 6.42 Å². The SMILES string of the molecule is Cc1cc2c(N(C)C(C)Cc3ccsc3)nccn2n1. The first kappa shape index (κ1) is 13.1. The Labute approximate surface area is 122 Å². The second-order valence-electron chi connectivity index (χ2n) is 5.16.